The van der Waals surface area contributed by atoms with Gasteiger partial charge in [-0.3, -0.25) is 9.59 Å². The van der Waals surface area contributed by atoms with Gasteiger partial charge in [0.1, 0.15) is 11.9 Å². The molecule has 2 aliphatic rings. The minimum Gasteiger partial charge on any atom is -0.393 e. The maximum absolute atomic E-state index is 13.1. The number of rotatable bonds is 3. The number of fused-ring (bicyclic) bond motifs is 2. The molecule has 2 bridgehead atoms. The Morgan fingerprint density at radius 2 is 1.50 bits per heavy atom. The van der Waals surface area contributed by atoms with Crippen molar-refractivity contribution in [2.24, 2.45) is 17.8 Å². The molecule has 6 nitrogen and oxygen atoms in total. The topological polar surface area (TPSA) is 93.1 Å². The van der Waals surface area contributed by atoms with Gasteiger partial charge in [0.05, 0.1) is 24.4 Å². The third-order valence-corrected chi connectivity index (χ3v) is 9.55. The molecule has 2 rings (SSSR count). The lowest BCUT2D eigenvalue weighted by molar-refractivity contribution is -0.132. The van der Waals surface area contributed by atoms with Gasteiger partial charge >= 0.3 is 0 Å². The Hall–Kier alpha value is -1.08. The molecule has 6 heteroatoms. The molecule has 2 heterocycles. The maximum Gasteiger partial charge on any atom is 0.164 e. The number of carbonyl (C=O) groups excluding carboxylic acids is 2. The van der Waals surface area contributed by atoms with Crippen LogP contribution in [0.25, 0.3) is 0 Å². The van der Waals surface area contributed by atoms with E-state index in [2.05, 4.69) is 20.4 Å². The van der Waals surface area contributed by atoms with Gasteiger partial charge in [0.15, 0.2) is 5.78 Å². The molecule has 2 saturated heterocycles. The van der Waals surface area contributed by atoms with E-state index in [-0.39, 0.29) is 42.0 Å². The highest BCUT2D eigenvalue weighted by atomic mass is 16.5. The van der Waals surface area contributed by atoms with E-state index >= 15 is 0 Å². The fourth-order valence-electron chi connectivity index (χ4n) is 6.73. The van der Waals surface area contributed by atoms with Crippen LogP contribution in [0.2, 0.25) is 0 Å². The zero-order valence-electron chi connectivity index (χ0n) is 27.5. The molecule has 244 valence electrons. The summed E-state index contributed by atoms with van der Waals surface area (Å²) in [7, 11) is 0. The molecule has 0 aromatic carbocycles. The molecule has 42 heavy (non-hydrogen) atoms. The predicted molar refractivity (Wildman–Crippen MR) is 170 cm³/mol. The smallest absolute Gasteiger partial charge is 0.164 e. The number of hydrogen-bond donors (Lipinski definition) is 2. The van der Waals surface area contributed by atoms with E-state index in [1.54, 1.807) is 6.92 Å². The molecule has 0 aromatic rings. The number of aliphatic hydroxyl groups is 2. The van der Waals surface area contributed by atoms with Gasteiger partial charge in [-0.05, 0) is 70.6 Å². The first-order valence-corrected chi connectivity index (χ1v) is 17.4. The molecule has 0 unspecified atom stereocenters. The van der Waals surface area contributed by atoms with Gasteiger partial charge < -0.3 is 19.7 Å². The van der Waals surface area contributed by atoms with Crippen LogP contribution in [-0.2, 0) is 19.1 Å². The van der Waals surface area contributed by atoms with Crippen LogP contribution in [0.1, 0.15) is 150 Å². The van der Waals surface area contributed by atoms with Crippen LogP contribution in [-0.4, -0.2) is 58.9 Å². The van der Waals surface area contributed by atoms with Gasteiger partial charge in [-0.1, -0.05) is 84.3 Å². The molecule has 0 amide bonds. The van der Waals surface area contributed by atoms with Gasteiger partial charge in [-0.15, -0.1) is 0 Å². The highest BCUT2D eigenvalue weighted by Gasteiger charge is 2.35. The van der Waals surface area contributed by atoms with Gasteiger partial charge in [-0.25, -0.2) is 0 Å². The number of carbonyl (C=O) groups is 2. The van der Waals surface area contributed by atoms with Crippen molar-refractivity contribution in [1.82, 2.24) is 0 Å². The zero-order chi connectivity index (χ0) is 30.9. The van der Waals surface area contributed by atoms with Crippen LogP contribution in [0.3, 0.4) is 0 Å². The van der Waals surface area contributed by atoms with Crippen molar-refractivity contribution in [2.45, 2.75) is 180 Å². The second kappa shape index (κ2) is 20.8. The number of Topliss-reactive ketones (excluding diaryl/α,β-unsaturated/α-hetero) is 2. The molecule has 2 aliphatic heterocycles. The van der Waals surface area contributed by atoms with E-state index in [9.17, 15) is 19.8 Å². The molecule has 2 N–H and O–H groups in total. The van der Waals surface area contributed by atoms with Crippen molar-refractivity contribution in [3.05, 3.63) is 12.2 Å². The Kier molecular flexibility index (Phi) is 18.4. The summed E-state index contributed by atoms with van der Waals surface area (Å²) in [6.07, 6.45) is 16.4. The number of hydrogen-bond acceptors (Lipinski definition) is 6. The van der Waals surface area contributed by atoms with Crippen molar-refractivity contribution in [3.8, 4) is 0 Å². The zero-order valence-corrected chi connectivity index (χ0v) is 27.5. The fraction of sp³-hybridized carbons (Fsp3) is 0.889. The Labute approximate surface area is 257 Å². The first kappa shape index (κ1) is 37.1. The third-order valence-electron chi connectivity index (χ3n) is 9.55. The molecule has 0 aromatic heterocycles. The Morgan fingerprint density at radius 1 is 0.857 bits per heavy atom. The summed E-state index contributed by atoms with van der Waals surface area (Å²) in [4.78, 5) is 25.7. The molecular formula is C36H64O6. The van der Waals surface area contributed by atoms with Crippen molar-refractivity contribution in [3.63, 3.8) is 0 Å². The molecule has 2 fully saturated rings. The standard InChI is InChI=1S/C36H64O6/c1-26-22-29(4)36(40)34(39)25-32-24-28(3)35(42-32)18-14-13-16-27(2)33(38)17-12-10-8-6-7-9-11-15-21-41-31(23-26)20-19-30(5)37/h27-32,34-35,37,39H,1,6-25H2,2-5H3/t27-,28-,29+,30-,31+,32+,34+,35-/m0/s1. The molecular weight excluding hydrogens is 528 g/mol. The summed E-state index contributed by atoms with van der Waals surface area (Å²) in [6.45, 7) is 12.9. The number of ether oxygens (including phenoxy) is 2. The normalized spacial score (nSPS) is 34.4. The maximum atomic E-state index is 13.1. The summed E-state index contributed by atoms with van der Waals surface area (Å²) in [5, 5.41) is 20.6. The molecule has 0 spiro atoms. The summed E-state index contributed by atoms with van der Waals surface area (Å²) < 4.78 is 12.5. The van der Waals surface area contributed by atoms with E-state index in [1.165, 1.54) is 25.7 Å². The van der Waals surface area contributed by atoms with E-state index in [4.69, 9.17) is 9.47 Å². The third kappa shape index (κ3) is 15.1. The van der Waals surface area contributed by atoms with E-state index in [1.807, 2.05) is 6.92 Å². The first-order chi connectivity index (χ1) is 20.1. The lowest BCUT2D eigenvalue weighted by Gasteiger charge is -2.23. The molecule has 0 radical (unpaired) electrons. The Balaban J connectivity index is 1.94. The van der Waals surface area contributed by atoms with Crippen LogP contribution in [0.5, 0.6) is 0 Å². The molecule has 0 saturated carbocycles. The number of ketones is 2. The summed E-state index contributed by atoms with van der Waals surface area (Å²) in [5.74, 6) is 0.514. The van der Waals surface area contributed by atoms with Crippen LogP contribution in [0.4, 0.5) is 0 Å². The van der Waals surface area contributed by atoms with Gasteiger partial charge in [0.25, 0.3) is 0 Å². The van der Waals surface area contributed by atoms with Crippen molar-refractivity contribution in [2.75, 3.05) is 6.61 Å². The Bertz CT molecular complexity index is 779. The summed E-state index contributed by atoms with van der Waals surface area (Å²) in [5.41, 5.74) is 0.966. The average Bonchev–Trinajstić information content (AvgIpc) is 3.29. The second-order valence-corrected chi connectivity index (χ2v) is 13.9. The van der Waals surface area contributed by atoms with E-state index < -0.39 is 6.10 Å². The molecule has 0 aliphatic carbocycles. The molecule has 8 atom stereocenters. The van der Waals surface area contributed by atoms with E-state index in [0.717, 1.165) is 69.8 Å². The monoisotopic (exact) mass is 592 g/mol. The number of aliphatic hydroxyl groups excluding tert-OH is 2. The Morgan fingerprint density at radius 3 is 2.19 bits per heavy atom. The average molecular weight is 593 g/mol. The van der Waals surface area contributed by atoms with Crippen molar-refractivity contribution >= 4 is 11.6 Å². The van der Waals surface area contributed by atoms with Crippen LogP contribution >= 0.6 is 0 Å². The summed E-state index contributed by atoms with van der Waals surface area (Å²) >= 11 is 0. The van der Waals surface area contributed by atoms with Gasteiger partial charge in [0, 0.05) is 31.3 Å². The highest BCUT2D eigenvalue weighted by molar-refractivity contribution is 5.85. The lowest BCUT2D eigenvalue weighted by atomic mass is 9.89. The summed E-state index contributed by atoms with van der Waals surface area (Å²) in [6, 6.07) is 0. The van der Waals surface area contributed by atoms with E-state index in [0.29, 0.717) is 50.4 Å². The van der Waals surface area contributed by atoms with Gasteiger partial charge in [-0.2, -0.15) is 0 Å². The minimum atomic E-state index is -1.02. The quantitative estimate of drug-likeness (QED) is 0.324. The SMILES string of the molecule is C=C1C[C@@H](CC[C@H](C)O)OCCCCCCCCCCC(=O)[C@@H](C)CCCC[C@@H]2O[C@@H](C[C@@H](O)C(=O)[C@H](C)C1)C[C@@H]2C. The fourth-order valence-corrected chi connectivity index (χ4v) is 6.73. The van der Waals surface area contributed by atoms with Crippen LogP contribution in [0, 0.1) is 17.8 Å². The largest absolute Gasteiger partial charge is 0.393 e. The van der Waals surface area contributed by atoms with Crippen LogP contribution < -0.4 is 0 Å². The predicted octanol–water partition coefficient (Wildman–Crippen LogP) is 7.91. The second-order valence-electron chi connectivity index (χ2n) is 13.9. The van der Waals surface area contributed by atoms with Crippen LogP contribution in [0.15, 0.2) is 12.2 Å². The van der Waals surface area contributed by atoms with Crippen molar-refractivity contribution < 1.29 is 29.3 Å². The minimum absolute atomic E-state index is 0.0121. The van der Waals surface area contributed by atoms with Crippen molar-refractivity contribution in [1.29, 1.82) is 0 Å². The highest BCUT2D eigenvalue weighted by Crippen LogP contribution is 2.33. The lowest BCUT2D eigenvalue weighted by Crippen LogP contribution is -2.31. The van der Waals surface area contributed by atoms with Gasteiger partial charge in [0.2, 0.25) is 0 Å². The first-order valence-electron chi connectivity index (χ1n) is 17.4.